The first kappa shape index (κ1) is 13.0. The molecular formula is C11H16N4O2. The van der Waals surface area contributed by atoms with Crippen molar-refractivity contribution >= 4 is 11.8 Å². The van der Waals surface area contributed by atoms with Gasteiger partial charge in [-0.1, -0.05) is 0 Å². The predicted octanol–water partition coefficient (Wildman–Crippen LogP) is 0.900. The van der Waals surface area contributed by atoms with Gasteiger partial charge in [0.1, 0.15) is 23.0 Å². The molecule has 0 amide bonds. The van der Waals surface area contributed by atoms with Gasteiger partial charge >= 0.3 is 5.97 Å². The minimum absolute atomic E-state index is 0.407. The van der Waals surface area contributed by atoms with Gasteiger partial charge in [-0.15, -0.1) is 0 Å². The molecule has 0 saturated carbocycles. The molecule has 92 valence electrons. The van der Waals surface area contributed by atoms with Crippen molar-refractivity contribution < 1.29 is 9.90 Å². The average Bonchev–Trinajstić information content (AvgIpc) is 2.51. The van der Waals surface area contributed by atoms with Crippen molar-refractivity contribution in [3.05, 3.63) is 11.3 Å². The van der Waals surface area contributed by atoms with E-state index in [0.717, 1.165) is 0 Å². The highest BCUT2D eigenvalue weighted by Gasteiger charge is 2.35. The van der Waals surface area contributed by atoms with Gasteiger partial charge in [0.25, 0.3) is 0 Å². The van der Waals surface area contributed by atoms with Crippen LogP contribution in [0, 0.1) is 18.3 Å². The Kier molecular flexibility index (Phi) is 3.14. The molecule has 1 aromatic rings. The number of carboxylic acids is 1. The third kappa shape index (κ3) is 1.96. The van der Waals surface area contributed by atoms with E-state index in [0.29, 0.717) is 17.1 Å². The zero-order valence-electron chi connectivity index (χ0n) is 10.6. The number of anilines is 1. The Morgan fingerprint density at radius 2 is 2.12 bits per heavy atom. The molecule has 6 nitrogen and oxygen atoms in total. The number of nitrogens with zero attached hydrogens (tertiary/aromatic N) is 4. The van der Waals surface area contributed by atoms with Gasteiger partial charge in [0.2, 0.25) is 0 Å². The van der Waals surface area contributed by atoms with Crippen LogP contribution in [0.3, 0.4) is 0 Å². The van der Waals surface area contributed by atoms with Crippen molar-refractivity contribution in [1.29, 1.82) is 5.26 Å². The van der Waals surface area contributed by atoms with E-state index in [1.165, 1.54) is 4.68 Å². The highest BCUT2D eigenvalue weighted by molar-refractivity contribution is 5.82. The van der Waals surface area contributed by atoms with E-state index in [1.54, 1.807) is 39.8 Å². The minimum Gasteiger partial charge on any atom is -0.480 e. The summed E-state index contributed by atoms with van der Waals surface area (Å²) < 4.78 is 1.53. The molecule has 0 aromatic carbocycles. The third-order valence-electron chi connectivity index (χ3n) is 2.98. The highest BCUT2D eigenvalue weighted by atomic mass is 16.4. The van der Waals surface area contributed by atoms with Crippen LogP contribution in [-0.2, 0) is 11.8 Å². The van der Waals surface area contributed by atoms with Gasteiger partial charge in [0.05, 0.1) is 5.69 Å². The Hall–Kier alpha value is -2.03. The number of rotatable bonds is 3. The van der Waals surface area contributed by atoms with Gasteiger partial charge in [0, 0.05) is 14.1 Å². The molecule has 0 spiro atoms. The molecule has 0 saturated heterocycles. The zero-order chi connectivity index (χ0) is 13.4. The number of aromatic nitrogens is 2. The van der Waals surface area contributed by atoms with Crippen molar-refractivity contribution in [2.24, 2.45) is 7.05 Å². The molecule has 1 rings (SSSR count). The summed E-state index contributed by atoms with van der Waals surface area (Å²) in [6.07, 6.45) is 0. The number of hydrogen-bond acceptors (Lipinski definition) is 4. The molecule has 0 radical (unpaired) electrons. The second-order valence-electron chi connectivity index (χ2n) is 4.44. The third-order valence-corrected chi connectivity index (χ3v) is 2.98. The van der Waals surface area contributed by atoms with E-state index >= 15 is 0 Å². The number of carboxylic acid groups (broad SMARTS) is 1. The fourth-order valence-corrected chi connectivity index (χ4v) is 1.57. The fraction of sp³-hybridized carbons (Fsp3) is 0.545. The molecule has 17 heavy (non-hydrogen) atoms. The smallest absolute Gasteiger partial charge is 0.328 e. The van der Waals surface area contributed by atoms with E-state index in [2.05, 4.69) is 11.2 Å². The average molecular weight is 236 g/mol. The van der Waals surface area contributed by atoms with Crippen LogP contribution >= 0.6 is 0 Å². The lowest BCUT2D eigenvalue weighted by molar-refractivity contribution is -0.142. The minimum atomic E-state index is -1.11. The molecule has 0 atom stereocenters. The summed E-state index contributed by atoms with van der Waals surface area (Å²) in [5.41, 5.74) is -0.103. The standard InChI is InChI=1S/C11H16N4O2/c1-7-8(6-12)9(15(5)13-7)14(4)11(2,3)10(16)17/h1-5H3,(H,16,17). The molecule has 1 aromatic heterocycles. The molecule has 1 heterocycles. The number of aryl methyl sites for hydroxylation is 2. The highest BCUT2D eigenvalue weighted by Crippen LogP contribution is 2.27. The zero-order valence-corrected chi connectivity index (χ0v) is 10.6. The fourth-order valence-electron chi connectivity index (χ4n) is 1.57. The maximum absolute atomic E-state index is 11.2. The van der Waals surface area contributed by atoms with Gasteiger partial charge in [-0.2, -0.15) is 10.4 Å². The monoisotopic (exact) mass is 236 g/mol. The second kappa shape index (κ2) is 4.09. The van der Waals surface area contributed by atoms with Crippen molar-refractivity contribution in [1.82, 2.24) is 9.78 Å². The van der Waals surface area contributed by atoms with Crippen molar-refractivity contribution in [2.45, 2.75) is 26.3 Å². The second-order valence-corrected chi connectivity index (χ2v) is 4.44. The molecule has 0 aliphatic carbocycles. The van der Waals surface area contributed by atoms with Gasteiger partial charge < -0.3 is 10.0 Å². The molecule has 0 fully saturated rings. The van der Waals surface area contributed by atoms with E-state index < -0.39 is 11.5 Å². The topological polar surface area (TPSA) is 82.2 Å². The van der Waals surface area contributed by atoms with Gasteiger partial charge in [0.15, 0.2) is 0 Å². The Balaban J connectivity index is 3.36. The van der Waals surface area contributed by atoms with Gasteiger partial charge in [-0.05, 0) is 20.8 Å². The van der Waals surface area contributed by atoms with Crippen LogP contribution in [0.15, 0.2) is 0 Å². The van der Waals surface area contributed by atoms with Crippen LogP contribution in [0.2, 0.25) is 0 Å². The van der Waals surface area contributed by atoms with Crippen LogP contribution in [0.5, 0.6) is 0 Å². The van der Waals surface area contributed by atoms with E-state index in [9.17, 15) is 9.90 Å². The summed E-state index contributed by atoms with van der Waals surface area (Å²) >= 11 is 0. The maximum Gasteiger partial charge on any atom is 0.328 e. The molecular weight excluding hydrogens is 220 g/mol. The van der Waals surface area contributed by atoms with E-state index in [-0.39, 0.29) is 0 Å². The lowest BCUT2D eigenvalue weighted by Crippen LogP contribution is -2.49. The maximum atomic E-state index is 11.2. The number of likely N-dealkylation sites (N-methyl/N-ethyl adjacent to an activating group) is 1. The first-order valence-corrected chi connectivity index (χ1v) is 5.14. The molecule has 0 aliphatic heterocycles. The molecule has 1 N–H and O–H groups in total. The lowest BCUT2D eigenvalue weighted by Gasteiger charge is -2.33. The summed E-state index contributed by atoms with van der Waals surface area (Å²) in [6, 6.07) is 2.06. The summed E-state index contributed by atoms with van der Waals surface area (Å²) in [5.74, 6) is -0.444. The lowest BCUT2D eigenvalue weighted by atomic mass is 10.0. The predicted molar refractivity (Wildman–Crippen MR) is 62.8 cm³/mol. The summed E-state index contributed by atoms with van der Waals surface area (Å²) in [5, 5.41) is 22.4. The molecule has 0 aliphatic rings. The quantitative estimate of drug-likeness (QED) is 0.843. The Bertz CT molecular complexity index is 496. The van der Waals surface area contributed by atoms with Gasteiger partial charge in [-0.25, -0.2) is 4.79 Å². The molecule has 0 bridgehead atoms. The van der Waals surface area contributed by atoms with Gasteiger partial charge in [-0.3, -0.25) is 4.68 Å². The van der Waals surface area contributed by atoms with Crippen LogP contribution < -0.4 is 4.90 Å². The van der Waals surface area contributed by atoms with Crippen LogP contribution in [0.25, 0.3) is 0 Å². The summed E-state index contributed by atoms with van der Waals surface area (Å²) in [6.45, 7) is 4.89. The first-order chi connectivity index (χ1) is 7.73. The molecule has 6 heteroatoms. The van der Waals surface area contributed by atoms with Crippen LogP contribution in [-0.4, -0.2) is 33.4 Å². The number of aliphatic carboxylic acids is 1. The number of nitriles is 1. The molecule has 0 unspecified atom stereocenters. The van der Waals surface area contributed by atoms with Crippen LogP contribution in [0.1, 0.15) is 25.1 Å². The summed E-state index contributed by atoms with van der Waals surface area (Å²) in [7, 11) is 3.34. The van der Waals surface area contributed by atoms with E-state index in [1.807, 2.05) is 0 Å². The SMILES string of the molecule is Cc1nn(C)c(N(C)C(C)(C)C(=O)O)c1C#N. The Morgan fingerprint density at radius 3 is 2.53 bits per heavy atom. The van der Waals surface area contributed by atoms with Crippen LogP contribution in [0.4, 0.5) is 5.82 Å². The number of carbonyl (C=O) groups is 1. The first-order valence-electron chi connectivity index (χ1n) is 5.14. The number of hydrogen-bond donors (Lipinski definition) is 1. The van der Waals surface area contributed by atoms with Crippen molar-refractivity contribution in [3.8, 4) is 6.07 Å². The van der Waals surface area contributed by atoms with E-state index in [4.69, 9.17) is 5.26 Å². The Morgan fingerprint density at radius 1 is 1.59 bits per heavy atom. The Labute approximate surface area is 100 Å². The largest absolute Gasteiger partial charge is 0.480 e. The normalized spacial score (nSPS) is 11.1. The summed E-state index contributed by atoms with van der Waals surface area (Å²) in [4.78, 5) is 12.7. The van der Waals surface area contributed by atoms with Crippen molar-refractivity contribution in [2.75, 3.05) is 11.9 Å². The van der Waals surface area contributed by atoms with Crippen molar-refractivity contribution in [3.63, 3.8) is 0 Å².